The number of carbonyl (C=O) groups excluding carboxylic acids is 1. The quantitative estimate of drug-likeness (QED) is 0.852. The molecule has 1 aromatic carbocycles. The molecule has 108 valence electrons. The van der Waals surface area contributed by atoms with Crippen LogP contribution in [0.25, 0.3) is 0 Å². The van der Waals surface area contributed by atoms with E-state index in [1.807, 2.05) is 30.3 Å². The van der Waals surface area contributed by atoms with Crippen molar-refractivity contribution in [3.05, 3.63) is 35.9 Å². The van der Waals surface area contributed by atoms with Crippen LogP contribution in [0.4, 0.5) is 0 Å². The highest BCUT2D eigenvalue weighted by Gasteiger charge is 2.35. The van der Waals surface area contributed by atoms with Crippen LogP contribution in [0, 0.1) is 5.92 Å². The molecule has 0 aromatic heterocycles. The first-order chi connectivity index (χ1) is 9.72. The Balaban J connectivity index is 1.54. The third kappa shape index (κ3) is 3.02. The van der Waals surface area contributed by atoms with Gasteiger partial charge in [-0.25, -0.2) is 0 Å². The second-order valence-corrected chi connectivity index (χ2v) is 6.05. The molecule has 0 aliphatic carbocycles. The summed E-state index contributed by atoms with van der Waals surface area (Å²) in [6.07, 6.45) is 3.02. The summed E-state index contributed by atoms with van der Waals surface area (Å²) in [5.74, 6) is 0.639. The number of fused-ring (bicyclic) bond motifs is 3. The van der Waals surface area contributed by atoms with E-state index in [4.69, 9.17) is 5.73 Å². The molecule has 2 bridgehead atoms. The van der Waals surface area contributed by atoms with Gasteiger partial charge < -0.3 is 16.0 Å². The average Bonchev–Trinajstić information content (AvgIpc) is 2.49. The van der Waals surface area contributed by atoms with Gasteiger partial charge in [0.25, 0.3) is 0 Å². The number of rotatable bonds is 4. The van der Waals surface area contributed by atoms with Crippen LogP contribution in [0.3, 0.4) is 0 Å². The SMILES string of the molecule is N[C@H](Cc1ccccc1)C(=O)NC1CN2CCC1CC2. The Morgan fingerprint density at radius 2 is 2.00 bits per heavy atom. The Morgan fingerprint density at radius 1 is 1.30 bits per heavy atom. The summed E-state index contributed by atoms with van der Waals surface area (Å²) < 4.78 is 0. The van der Waals surface area contributed by atoms with Gasteiger partial charge in [-0.1, -0.05) is 30.3 Å². The molecule has 1 amide bonds. The molecule has 4 rings (SSSR count). The van der Waals surface area contributed by atoms with E-state index in [1.54, 1.807) is 0 Å². The van der Waals surface area contributed by atoms with E-state index in [2.05, 4.69) is 10.2 Å². The van der Waals surface area contributed by atoms with E-state index in [0.717, 1.165) is 12.1 Å². The van der Waals surface area contributed by atoms with Crippen molar-refractivity contribution >= 4 is 5.91 Å². The summed E-state index contributed by atoms with van der Waals surface area (Å²) >= 11 is 0. The summed E-state index contributed by atoms with van der Waals surface area (Å²) in [4.78, 5) is 14.7. The second-order valence-electron chi connectivity index (χ2n) is 6.05. The Morgan fingerprint density at radius 3 is 2.60 bits per heavy atom. The number of benzene rings is 1. The topological polar surface area (TPSA) is 58.4 Å². The molecule has 3 aliphatic rings. The van der Waals surface area contributed by atoms with E-state index < -0.39 is 6.04 Å². The lowest BCUT2D eigenvalue weighted by atomic mass is 9.84. The smallest absolute Gasteiger partial charge is 0.237 e. The maximum atomic E-state index is 12.2. The number of nitrogens with two attached hydrogens (primary N) is 1. The van der Waals surface area contributed by atoms with E-state index in [0.29, 0.717) is 18.4 Å². The number of hydrogen-bond donors (Lipinski definition) is 2. The van der Waals surface area contributed by atoms with Crippen LogP contribution < -0.4 is 11.1 Å². The van der Waals surface area contributed by atoms with E-state index in [-0.39, 0.29) is 5.91 Å². The standard InChI is InChI=1S/C16H23N3O/c17-14(10-12-4-2-1-3-5-12)16(20)18-15-11-19-8-6-13(15)7-9-19/h1-5,13-15H,6-11,17H2,(H,18,20)/t14-,15?/m1/s1. The van der Waals surface area contributed by atoms with E-state index in [9.17, 15) is 4.79 Å². The van der Waals surface area contributed by atoms with Gasteiger partial charge in [0.2, 0.25) is 5.91 Å². The van der Waals surface area contributed by atoms with E-state index in [1.165, 1.54) is 25.9 Å². The van der Waals surface area contributed by atoms with Crippen LogP contribution in [0.5, 0.6) is 0 Å². The Bertz CT molecular complexity index is 454. The summed E-state index contributed by atoms with van der Waals surface area (Å²) in [7, 11) is 0. The van der Waals surface area contributed by atoms with Crippen molar-refractivity contribution < 1.29 is 4.79 Å². The first-order valence-corrected chi connectivity index (χ1v) is 7.54. The maximum absolute atomic E-state index is 12.2. The molecule has 1 unspecified atom stereocenters. The fourth-order valence-corrected chi connectivity index (χ4v) is 3.38. The van der Waals surface area contributed by atoms with Crippen LogP contribution in [0.15, 0.2) is 30.3 Å². The predicted octanol–water partition coefficient (Wildman–Crippen LogP) is 0.767. The van der Waals surface area contributed by atoms with Gasteiger partial charge in [0.05, 0.1) is 6.04 Å². The molecule has 3 N–H and O–H groups in total. The molecule has 3 heterocycles. The van der Waals surface area contributed by atoms with Crippen molar-refractivity contribution in [3.63, 3.8) is 0 Å². The van der Waals surface area contributed by atoms with Gasteiger partial charge >= 0.3 is 0 Å². The molecule has 3 aliphatic heterocycles. The first kappa shape index (κ1) is 13.6. The third-order valence-corrected chi connectivity index (χ3v) is 4.62. The zero-order valence-corrected chi connectivity index (χ0v) is 11.8. The van der Waals surface area contributed by atoms with Gasteiger partial charge in [0.15, 0.2) is 0 Å². The van der Waals surface area contributed by atoms with Gasteiger partial charge in [-0.2, -0.15) is 0 Å². The summed E-state index contributed by atoms with van der Waals surface area (Å²) in [6, 6.07) is 9.81. The largest absolute Gasteiger partial charge is 0.350 e. The van der Waals surface area contributed by atoms with Crippen molar-refractivity contribution in [2.24, 2.45) is 11.7 Å². The Hall–Kier alpha value is -1.39. The molecule has 0 saturated carbocycles. The van der Waals surface area contributed by atoms with Crippen molar-refractivity contribution in [1.82, 2.24) is 10.2 Å². The minimum Gasteiger partial charge on any atom is -0.350 e. The molecule has 4 heteroatoms. The molecular formula is C16H23N3O. The Kier molecular flexibility index (Phi) is 4.03. The van der Waals surface area contributed by atoms with Gasteiger partial charge in [0, 0.05) is 12.6 Å². The van der Waals surface area contributed by atoms with Crippen molar-refractivity contribution in [2.75, 3.05) is 19.6 Å². The van der Waals surface area contributed by atoms with Crippen LogP contribution in [-0.4, -0.2) is 42.5 Å². The lowest BCUT2D eigenvalue weighted by Crippen LogP contribution is -2.59. The van der Waals surface area contributed by atoms with Crippen molar-refractivity contribution in [3.8, 4) is 0 Å². The van der Waals surface area contributed by atoms with Crippen LogP contribution in [0.2, 0.25) is 0 Å². The summed E-state index contributed by atoms with van der Waals surface area (Å²) in [5, 5.41) is 3.16. The van der Waals surface area contributed by atoms with Gasteiger partial charge in [-0.05, 0) is 43.8 Å². The molecule has 20 heavy (non-hydrogen) atoms. The molecule has 4 nitrogen and oxygen atoms in total. The predicted molar refractivity (Wildman–Crippen MR) is 79.2 cm³/mol. The molecule has 0 radical (unpaired) electrons. The highest BCUT2D eigenvalue weighted by Crippen LogP contribution is 2.27. The Labute approximate surface area is 120 Å². The van der Waals surface area contributed by atoms with Crippen molar-refractivity contribution in [1.29, 1.82) is 0 Å². The van der Waals surface area contributed by atoms with Crippen LogP contribution in [0.1, 0.15) is 18.4 Å². The molecular weight excluding hydrogens is 250 g/mol. The number of hydrogen-bond acceptors (Lipinski definition) is 3. The van der Waals surface area contributed by atoms with Crippen LogP contribution in [-0.2, 0) is 11.2 Å². The van der Waals surface area contributed by atoms with E-state index >= 15 is 0 Å². The lowest BCUT2D eigenvalue weighted by molar-refractivity contribution is -0.124. The summed E-state index contributed by atoms with van der Waals surface area (Å²) in [5.41, 5.74) is 7.15. The zero-order chi connectivity index (χ0) is 13.9. The molecule has 3 fully saturated rings. The minimum atomic E-state index is -0.451. The highest BCUT2D eigenvalue weighted by molar-refractivity contribution is 5.82. The normalized spacial score (nSPS) is 29.9. The summed E-state index contributed by atoms with van der Waals surface area (Å²) in [6.45, 7) is 3.37. The number of nitrogens with zero attached hydrogens (tertiary/aromatic N) is 1. The number of nitrogens with one attached hydrogen (secondary N) is 1. The van der Waals surface area contributed by atoms with Gasteiger partial charge in [-0.15, -0.1) is 0 Å². The van der Waals surface area contributed by atoms with Gasteiger partial charge in [-0.3, -0.25) is 4.79 Å². The first-order valence-electron chi connectivity index (χ1n) is 7.54. The highest BCUT2D eigenvalue weighted by atomic mass is 16.2. The molecule has 2 atom stereocenters. The second kappa shape index (κ2) is 5.94. The minimum absolute atomic E-state index is 0.00685. The lowest BCUT2D eigenvalue weighted by Gasteiger charge is -2.45. The number of piperidine rings is 3. The maximum Gasteiger partial charge on any atom is 0.237 e. The fourth-order valence-electron chi connectivity index (χ4n) is 3.38. The average molecular weight is 273 g/mol. The number of amides is 1. The third-order valence-electron chi connectivity index (χ3n) is 4.62. The molecule has 1 aromatic rings. The van der Waals surface area contributed by atoms with Crippen LogP contribution >= 0.6 is 0 Å². The number of carbonyl (C=O) groups is 1. The molecule has 3 saturated heterocycles. The monoisotopic (exact) mass is 273 g/mol. The molecule has 0 spiro atoms. The zero-order valence-electron chi connectivity index (χ0n) is 11.8. The fraction of sp³-hybridized carbons (Fsp3) is 0.562. The van der Waals surface area contributed by atoms with Gasteiger partial charge in [0.1, 0.15) is 0 Å². The van der Waals surface area contributed by atoms with Crippen molar-refractivity contribution in [2.45, 2.75) is 31.3 Å².